The van der Waals surface area contributed by atoms with E-state index in [1.165, 1.54) is 0 Å². The molecule has 1 fully saturated rings. The van der Waals surface area contributed by atoms with Gasteiger partial charge in [0.2, 0.25) is 10.0 Å². The Morgan fingerprint density at radius 3 is 2.71 bits per heavy atom. The number of sulfonamides is 1. The summed E-state index contributed by atoms with van der Waals surface area (Å²) in [5.74, 6) is 0.431. The molecule has 120 valence electrons. The summed E-state index contributed by atoms with van der Waals surface area (Å²) < 4.78 is 27.6. The van der Waals surface area contributed by atoms with Crippen LogP contribution in [0.2, 0.25) is 0 Å². The van der Waals surface area contributed by atoms with Crippen molar-refractivity contribution in [3.63, 3.8) is 0 Å². The second kappa shape index (κ2) is 7.22. The molecule has 0 aromatic carbocycles. The summed E-state index contributed by atoms with van der Waals surface area (Å²) in [5, 5.41) is 3.37. The van der Waals surface area contributed by atoms with Crippen molar-refractivity contribution in [2.45, 2.75) is 44.9 Å². The van der Waals surface area contributed by atoms with Gasteiger partial charge in [0.25, 0.3) is 0 Å². The van der Waals surface area contributed by atoms with Crippen LogP contribution in [0.3, 0.4) is 0 Å². The summed E-state index contributed by atoms with van der Waals surface area (Å²) in [6.07, 6.45) is 3.10. The molecule has 6 heteroatoms. The molecule has 2 heterocycles. The van der Waals surface area contributed by atoms with Gasteiger partial charge in [-0.05, 0) is 58.2 Å². The third-order valence-electron chi connectivity index (χ3n) is 3.95. The van der Waals surface area contributed by atoms with E-state index in [0.717, 1.165) is 42.1 Å². The molecule has 0 amide bonds. The van der Waals surface area contributed by atoms with Gasteiger partial charge in [0.15, 0.2) is 0 Å². The molecule has 1 aromatic heterocycles. The fourth-order valence-corrected chi connectivity index (χ4v) is 6.06. The van der Waals surface area contributed by atoms with Gasteiger partial charge in [-0.3, -0.25) is 0 Å². The first-order valence-electron chi connectivity index (χ1n) is 7.73. The zero-order valence-electron chi connectivity index (χ0n) is 13.2. The molecule has 1 saturated heterocycles. The fraction of sp³-hybridized carbons (Fsp3) is 0.733. The van der Waals surface area contributed by atoms with Crippen molar-refractivity contribution in [1.82, 2.24) is 9.62 Å². The summed E-state index contributed by atoms with van der Waals surface area (Å²) in [5.41, 5.74) is 0. The van der Waals surface area contributed by atoms with Gasteiger partial charge in [-0.2, -0.15) is 4.31 Å². The van der Waals surface area contributed by atoms with Crippen molar-refractivity contribution in [3.05, 3.63) is 15.8 Å². The predicted octanol–water partition coefficient (Wildman–Crippen LogP) is 2.77. The average Bonchev–Trinajstić information content (AvgIpc) is 2.79. The Bertz CT molecular complexity index is 560. The van der Waals surface area contributed by atoms with Crippen LogP contribution in [0.5, 0.6) is 0 Å². The van der Waals surface area contributed by atoms with Gasteiger partial charge in [-0.1, -0.05) is 6.92 Å². The van der Waals surface area contributed by atoms with Crippen molar-refractivity contribution in [3.8, 4) is 0 Å². The fourth-order valence-electron chi connectivity index (χ4n) is 2.93. The van der Waals surface area contributed by atoms with Gasteiger partial charge >= 0.3 is 0 Å². The highest BCUT2D eigenvalue weighted by atomic mass is 32.2. The van der Waals surface area contributed by atoms with Gasteiger partial charge in [0.1, 0.15) is 0 Å². The molecule has 1 aliphatic rings. The standard InChI is InChI=1S/C15H26N2O2S2/c1-4-8-17(11-14-6-5-7-16-10-14)21(18,19)15-9-12(2)20-13(15)3/h9,14,16H,4-8,10-11H2,1-3H3. The maximum absolute atomic E-state index is 12.9. The highest BCUT2D eigenvalue weighted by Crippen LogP contribution is 2.28. The van der Waals surface area contributed by atoms with Crippen LogP contribution >= 0.6 is 11.3 Å². The van der Waals surface area contributed by atoms with E-state index in [0.29, 0.717) is 23.9 Å². The summed E-state index contributed by atoms with van der Waals surface area (Å²) >= 11 is 1.56. The zero-order chi connectivity index (χ0) is 15.5. The molecule has 21 heavy (non-hydrogen) atoms. The Morgan fingerprint density at radius 1 is 1.43 bits per heavy atom. The van der Waals surface area contributed by atoms with E-state index in [9.17, 15) is 8.42 Å². The minimum absolute atomic E-state index is 0.431. The Hall–Kier alpha value is -0.430. The van der Waals surface area contributed by atoms with Crippen LogP contribution in [0.25, 0.3) is 0 Å². The highest BCUT2D eigenvalue weighted by Gasteiger charge is 2.29. The minimum Gasteiger partial charge on any atom is -0.316 e. The maximum Gasteiger partial charge on any atom is 0.244 e. The number of nitrogens with one attached hydrogen (secondary N) is 1. The number of rotatable bonds is 6. The number of piperidine rings is 1. The number of thiophene rings is 1. The molecule has 0 bridgehead atoms. The Morgan fingerprint density at radius 2 is 2.19 bits per heavy atom. The molecule has 0 spiro atoms. The van der Waals surface area contributed by atoms with Crippen molar-refractivity contribution in [2.24, 2.45) is 5.92 Å². The maximum atomic E-state index is 12.9. The average molecular weight is 331 g/mol. The van der Waals surface area contributed by atoms with E-state index in [2.05, 4.69) is 5.32 Å². The summed E-state index contributed by atoms with van der Waals surface area (Å²) in [4.78, 5) is 2.46. The van der Waals surface area contributed by atoms with Gasteiger partial charge in [0.05, 0.1) is 4.90 Å². The summed E-state index contributed by atoms with van der Waals surface area (Å²) in [6, 6.07) is 1.82. The van der Waals surface area contributed by atoms with Crippen molar-refractivity contribution < 1.29 is 8.42 Å². The number of aryl methyl sites for hydroxylation is 2. The second-order valence-corrected chi connectivity index (χ2v) is 9.22. The smallest absolute Gasteiger partial charge is 0.244 e. The van der Waals surface area contributed by atoms with Gasteiger partial charge in [-0.15, -0.1) is 11.3 Å². The molecular formula is C15H26N2O2S2. The van der Waals surface area contributed by atoms with E-state index in [1.54, 1.807) is 15.6 Å². The first-order chi connectivity index (χ1) is 9.95. The lowest BCUT2D eigenvalue weighted by atomic mass is 10.00. The molecule has 1 atom stereocenters. The minimum atomic E-state index is -3.36. The lowest BCUT2D eigenvalue weighted by Gasteiger charge is -2.29. The molecular weight excluding hydrogens is 304 g/mol. The lowest BCUT2D eigenvalue weighted by Crippen LogP contribution is -2.41. The van der Waals surface area contributed by atoms with Crippen molar-refractivity contribution in [1.29, 1.82) is 0 Å². The monoisotopic (exact) mass is 330 g/mol. The number of nitrogens with zero attached hydrogens (tertiary/aromatic N) is 1. The zero-order valence-corrected chi connectivity index (χ0v) is 14.8. The topological polar surface area (TPSA) is 49.4 Å². The van der Waals surface area contributed by atoms with Crippen LogP contribution in [-0.4, -0.2) is 38.9 Å². The lowest BCUT2D eigenvalue weighted by molar-refractivity contribution is 0.291. The summed E-state index contributed by atoms with van der Waals surface area (Å²) in [6.45, 7) is 9.12. The molecule has 4 nitrogen and oxygen atoms in total. The van der Waals surface area contributed by atoms with Crippen LogP contribution in [0.1, 0.15) is 35.9 Å². The van der Waals surface area contributed by atoms with Crippen LogP contribution in [0, 0.1) is 19.8 Å². The molecule has 2 rings (SSSR count). The Kier molecular flexibility index (Phi) is 5.82. The van der Waals surface area contributed by atoms with Gasteiger partial charge in [-0.25, -0.2) is 8.42 Å². The largest absolute Gasteiger partial charge is 0.316 e. The van der Waals surface area contributed by atoms with Crippen LogP contribution in [0.4, 0.5) is 0 Å². The first-order valence-corrected chi connectivity index (χ1v) is 9.98. The van der Waals surface area contributed by atoms with Gasteiger partial charge < -0.3 is 5.32 Å². The second-order valence-electron chi connectivity index (χ2n) is 5.85. The molecule has 1 N–H and O–H groups in total. The van der Waals surface area contributed by atoms with Crippen LogP contribution in [-0.2, 0) is 10.0 Å². The molecule has 1 unspecified atom stereocenters. The molecule has 1 aliphatic heterocycles. The SMILES string of the molecule is CCCN(CC1CCCNC1)S(=O)(=O)c1cc(C)sc1C. The number of hydrogen-bond donors (Lipinski definition) is 1. The number of hydrogen-bond acceptors (Lipinski definition) is 4. The van der Waals surface area contributed by atoms with E-state index >= 15 is 0 Å². The first kappa shape index (κ1) is 16.9. The van der Waals surface area contributed by atoms with Crippen molar-refractivity contribution in [2.75, 3.05) is 26.2 Å². The third-order valence-corrected chi connectivity index (χ3v) is 7.03. The molecule has 0 radical (unpaired) electrons. The predicted molar refractivity (Wildman–Crippen MR) is 88.4 cm³/mol. The molecule has 1 aromatic rings. The van der Waals surface area contributed by atoms with Crippen LogP contribution < -0.4 is 5.32 Å². The third kappa shape index (κ3) is 4.06. The highest BCUT2D eigenvalue weighted by molar-refractivity contribution is 7.89. The molecule has 0 saturated carbocycles. The van der Waals surface area contributed by atoms with E-state index in [4.69, 9.17) is 0 Å². The Balaban J connectivity index is 2.21. The van der Waals surface area contributed by atoms with E-state index < -0.39 is 10.0 Å². The van der Waals surface area contributed by atoms with Crippen LogP contribution in [0.15, 0.2) is 11.0 Å². The molecule has 0 aliphatic carbocycles. The van der Waals surface area contributed by atoms with Gasteiger partial charge in [0, 0.05) is 22.8 Å². The Labute approximate surface area is 132 Å². The quantitative estimate of drug-likeness (QED) is 0.872. The van der Waals surface area contributed by atoms with E-state index in [-0.39, 0.29) is 0 Å². The van der Waals surface area contributed by atoms with E-state index in [1.807, 2.05) is 26.8 Å². The van der Waals surface area contributed by atoms with Crippen molar-refractivity contribution >= 4 is 21.4 Å². The normalized spacial score (nSPS) is 20.1. The summed E-state index contributed by atoms with van der Waals surface area (Å²) in [7, 11) is -3.36.